The monoisotopic (exact) mass is 366 g/mol. The van der Waals surface area contributed by atoms with Crippen molar-refractivity contribution in [1.82, 2.24) is 20.1 Å². The quantitative estimate of drug-likeness (QED) is 0.752. The molecule has 0 aliphatic carbocycles. The van der Waals surface area contributed by atoms with Gasteiger partial charge in [-0.15, -0.1) is 21.5 Å². The largest absolute Gasteiger partial charge is 0.410 e. The van der Waals surface area contributed by atoms with Crippen LogP contribution in [0.15, 0.2) is 9.64 Å². The lowest BCUT2D eigenvalue weighted by molar-refractivity contribution is -0.132. The van der Waals surface area contributed by atoms with E-state index in [1.807, 2.05) is 18.7 Å². The zero-order chi connectivity index (χ0) is 17.1. The van der Waals surface area contributed by atoms with E-state index >= 15 is 0 Å². The summed E-state index contributed by atoms with van der Waals surface area (Å²) in [6.07, 6.45) is 4.45. The molecular formula is C16H22N4O2S2. The maximum absolute atomic E-state index is 12.5. The van der Waals surface area contributed by atoms with Gasteiger partial charge in [0.25, 0.3) is 11.1 Å². The van der Waals surface area contributed by atoms with Gasteiger partial charge in [-0.1, -0.05) is 18.7 Å². The molecule has 0 N–H and O–H groups in total. The predicted molar refractivity (Wildman–Crippen MR) is 95.2 cm³/mol. The number of thioether (sulfide) groups is 1. The molecule has 0 radical (unpaired) electrons. The van der Waals surface area contributed by atoms with Gasteiger partial charge in [0.2, 0.25) is 5.91 Å². The molecule has 2 aromatic rings. The number of aryl methyl sites for hydroxylation is 2. The number of aromatic nitrogens is 3. The van der Waals surface area contributed by atoms with Crippen LogP contribution in [0.1, 0.15) is 43.3 Å². The second kappa shape index (κ2) is 7.65. The van der Waals surface area contributed by atoms with Crippen LogP contribution in [0, 0.1) is 13.8 Å². The standard InChI is InChI=1S/C16H22N4O2S2/c1-4-12-7-5-6-8-20(12)13(21)9-23-16-19-18-15(22-16)14-10(2)17-11(3)24-14/h12H,4-9H2,1-3H3/t12-/m1/s1. The summed E-state index contributed by atoms with van der Waals surface area (Å²) >= 11 is 2.85. The van der Waals surface area contributed by atoms with Crippen molar-refractivity contribution in [3.05, 3.63) is 10.7 Å². The zero-order valence-corrected chi connectivity index (χ0v) is 15.9. The lowest BCUT2D eigenvalue weighted by Gasteiger charge is -2.35. The minimum Gasteiger partial charge on any atom is -0.410 e. The van der Waals surface area contributed by atoms with Crippen LogP contribution < -0.4 is 0 Å². The highest BCUT2D eigenvalue weighted by molar-refractivity contribution is 7.99. The number of rotatable bonds is 5. The van der Waals surface area contributed by atoms with Crippen molar-refractivity contribution < 1.29 is 9.21 Å². The van der Waals surface area contributed by atoms with E-state index in [-0.39, 0.29) is 5.91 Å². The molecule has 2 aromatic heterocycles. The number of piperidine rings is 1. The van der Waals surface area contributed by atoms with Crippen LogP contribution in [0.3, 0.4) is 0 Å². The summed E-state index contributed by atoms with van der Waals surface area (Å²) < 4.78 is 5.70. The lowest BCUT2D eigenvalue weighted by Crippen LogP contribution is -2.44. The molecular weight excluding hydrogens is 344 g/mol. The van der Waals surface area contributed by atoms with Gasteiger partial charge in [-0.2, -0.15) is 0 Å². The maximum atomic E-state index is 12.5. The molecule has 8 heteroatoms. The fourth-order valence-electron chi connectivity index (χ4n) is 3.05. The second-order valence-electron chi connectivity index (χ2n) is 5.95. The molecule has 1 aliphatic rings. The molecule has 3 rings (SSSR count). The summed E-state index contributed by atoms with van der Waals surface area (Å²) in [7, 11) is 0. The zero-order valence-electron chi connectivity index (χ0n) is 14.2. The maximum Gasteiger partial charge on any atom is 0.277 e. The molecule has 24 heavy (non-hydrogen) atoms. The first-order valence-electron chi connectivity index (χ1n) is 8.28. The molecule has 1 saturated heterocycles. The summed E-state index contributed by atoms with van der Waals surface area (Å²) in [4.78, 5) is 19.8. The van der Waals surface area contributed by atoms with E-state index in [9.17, 15) is 4.79 Å². The van der Waals surface area contributed by atoms with Crippen molar-refractivity contribution in [2.45, 2.75) is 57.7 Å². The third-order valence-electron chi connectivity index (χ3n) is 4.24. The Morgan fingerprint density at radius 3 is 2.92 bits per heavy atom. The average molecular weight is 367 g/mol. The Balaban J connectivity index is 1.61. The van der Waals surface area contributed by atoms with Gasteiger partial charge in [-0.05, 0) is 39.5 Å². The van der Waals surface area contributed by atoms with Crippen LogP contribution >= 0.6 is 23.1 Å². The Morgan fingerprint density at radius 1 is 1.38 bits per heavy atom. The lowest BCUT2D eigenvalue weighted by atomic mass is 10.0. The molecule has 130 valence electrons. The molecule has 1 aliphatic heterocycles. The first kappa shape index (κ1) is 17.4. The van der Waals surface area contributed by atoms with E-state index in [0.717, 1.165) is 41.4 Å². The average Bonchev–Trinajstić information content (AvgIpc) is 3.18. The highest BCUT2D eigenvalue weighted by Gasteiger charge is 2.25. The Hall–Kier alpha value is -1.41. The number of nitrogens with zero attached hydrogens (tertiary/aromatic N) is 4. The Bertz CT molecular complexity index is 713. The van der Waals surface area contributed by atoms with Crippen molar-refractivity contribution in [1.29, 1.82) is 0 Å². The third kappa shape index (κ3) is 3.80. The molecule has 0 unspecified atom stereocenters. The van der Waals surface area contributed by atoms with Crippen LogP contribution in [0.25, 0.3) is 10.8 Å². The fraction of sp³-hybridized carbons (Fsp3) is 0.625. The second-order valence-corrected chi connectivity index (χ2v) is 8.08. The van der Waals surface area contributed by atoms with Gasteiger partial charge < -0.3 is 9.32 Å². The van der Waals surface area contributed by atoms with Crippen LogP contribution in [-0.2, 0) is 4.79 Å². The van der Waals surface area contributed by atoms with Gasteiger partial charge in [0.15, 0.2) is 0 Å². The summed E-state index contributed by atoms with van der Waals surface area (Å²) in [5.41, 5.74) is 0.896. The molecule has 1 atom stereocenters. The first-order chi connectivity index (χ1) is 11.6. The predicted octanol–water partition coefficient (Wildman–Crippen LogP) is 3.69. The molecule has 1 amide bonds. The van der Waals surface area contributed by atoms with Gasteiger partial charge in [0.05, 0.1) is 16.5 Å². The van der Waals surface area contributed by atoms with E-state index in [4.69, 9.17) is 4.42 Å². The minimum absolute atomic E-state index is 0.163. The minimum atomic E-state index is 0.163. The summed E-state index contributed by atoms with van der Waals surface area (Å²) in [6, 6.07) is 0.382. The van der Waals surface area contributed by atoms with Crippen LogP contribution in [-0.4, -0.2) is 44.3 Å². The van der Waals surface area contributed by atoms with E-state index in [1.54, 1.807) is 0 Å². The molecule has 3 heterocycles. The van der Waals surface area contributed by atoms with Gasteiger partial charge in [0.1, 0.15) is 4.88 Å². The van der Waals surface area contributed by atoms with Crippen molar-refractivity contribution in [2.24, 2.45) is 0 Å². The molecule has 0 saturated carbocycles. The van der Waals surface area contributed by atoms with E-state index in [1.165, 1.54) is 29.5 Å². The molecule has 1 fully saturated rings. The third-order valence-corrected chi connectivity index (χ3v) is 6.11. The number of amides is 1. The van der Waals surface area contributed by atoms with Gasteiger partial charge in [-0.25, -0.2) is 4.98 Å². The van der Waals surface area contributed by atoms with E-state index in [2.05, 4.69) is 22.1 Å². The molecule has 0 bridgehead atoms. The highest BCUT2D eigenvalue weighted by atomic mass is 32.2. The number of likely N-dealkylation sites (tertiary alicyclic amines) is 1. The smallest absolute Gasteiger partial charge is 0.277 e. The highest BCUT2D eigenvalue weighted by Crippen LogP contribution is 2.30. The van der Waals surface area contributed by atoms with E-state index < -0.39 is 0 Å². The van der Waals surface area contributed by atoms with Crippen LogP contribution in [0.2, 0.25) is 0 Å². The first-order valence-corrected chi connectivity index (χ1v) is 10.1. The van der Waals surface area contributed by atoms with Crippen LogP contribution in [0.4, 0.5) is 0 Å². The number of hydrogen-bond acceptors (Lipinski definition) is 7. The van der Waals surface area contributed by atoms with Gasteiger partial charge >= 0.3 is 0 Å². The van der Waals surface area contributed by atoms with Gasteiger partial charge in [0, 0.05) is 12.6 Å². The summed E-state index contributed by atoms with van der Waals surface area (Å²) in [6.45, 7) is 6.90. The number of thiazole rings is 1. The Morgan fingerprint density at radius 2 is 2.21 bits per heavy atom. The van der Waals surface area contributed by atoms with Crippen molar-refractivity contribution in [3.63, 3.8) is 0 Å². The fourth-order valence-corrected chi connectivity index (χ4v) is 4.54. The molecule has 0 spiro atoms. The number of hydrogen-bond donors (Lipinski definition) is 0. The SMILES string of the molecule is CC[C@@H]1CCCCN1C(=O)CSc1nnc(-c2sc(C)nc2C)o1. The van der Waals surface area contributed by atoms with E-state index in [0.29, 0.717) is 22.9 Å². The van der Waals surface area contributed by atoms with Gasteiger partial charge in [-0.3, -0.25) is 4.79 Å². The van der Waals surface area contributed by atoms with Crippen molar-refractivity contribution in [2.75, 3.05) is 12.3 Å². The summed E-state index contributed by atoms with van der Waals surface area (Å²) in [5.74, 6) is 0.993. The number of carbonyl (C=O) groups excluding carboxylic acids is 1. The molecule has 0 aromatic carbocycles. The Labute approximate surface area is 150 Å². The number of carbonyl (C=O) groups is 1. The Kier molecular flexibility index (Phi) is 5.55. The van der Waals surface area contributed by atoms with Crippen molar-refractivity contribution in [3.8, 4) is 10.8 Å². The topological polar surface area (TPSA) is 72.1 Å². The summed E-state index contributed by atoms with van der Waals surface area (Å²) in [5, 5.41) is 9.56. The normalized spacial score (nSPS) is 18.1. The van der Waals surface area contributed by atoms with Crippen molar-refractivity contribution >= 4 is 29.0 Å². The van der Waals surface area contributed by atoms with Crippen LogP contribution in [0.5, 0.6) is 0 Å². The molecule has 6 nitrogen and oxygen atoms in total.